The summed E-state index contributed by atoms with van der Waals surface area (Å²) in [6.07, 6.45) is 1.90. The van der Waals surface area contributed by atoms with Crippen LogP contribution in [0.1, 0.15) is 35.1 Å². The third kappa shape index (κ3) is 4.10. The standard InChI is InChI=1S/C21H32N4O/c1-7-18-20(16-9-11-17(12-10-16)24(5)6)19(21(22)26)15(2)25(18)14-8-13-23(3)4/h9-12H,7-8,13-14H2,1-6H3,(H2,22,26). The van der Waals surface area contributed by atoms with Crippen LogP contribution in [0.25, 0.3) is 11.1 Å². The first-order valence-electron chi connectivity index (χ1n) is 9.22. The van der Waals surface area contributed by atoms with E-state index in [9.17, 15) is 4.79 Å². The lowest BCUT2D eigenvalue weighted by Gasteiger charge is -2.15. The van der Waals surface area contributed by atoms with Gasteiger partial charge in [0.05, 0.1) is 5.56 Å². The number of carbonyl (C=O) groups is 1. The first-order valence-corrected chi connectivity index (χ1v) is 9.22. The van der Waals surface area contributed by atoms with Gasteiger partial charge in [-0.1, -0.05) is 19.1 Å². The second kappa shape index (κ2) is 8.41. The molecule has 0 aliphatic carbocycles. The number of benzene rings is 1. The zero-order valence-electron chi connectivity index (χ0n) is 17.0. The number of aromatic nitrogens is 1. The molecular weight excluding hydrogens is 324 g/mol. The molecule has 0 spiro atoms. The van der Waals surface area contributed by atoms with Gasteiger partial charge in [-0.2, -0.15) is 0 Å². The van der Waals surface area contributed by atoms with E-state index in [1.54, 1.807) is 0 Å². The summed E-state index contributed by atoms with van der Waals surface area (Å²) in [5.74, 6) is -0.352. The number of hydrogen-bond donors (Lipinski definition) is 1. The summed E-state index contributed by atoms with van der Waals surface area (Å²) in [6, 6.07) is 8.33. The van der Waals surface area contributed by atoms with Crippen LogP contribution in [-0.2, 0) is 13.0 Å². The Kier molecular flexibility index (Phi) is 6.48. The minimum atomic E-state index is -0.352. The van der Waals surface area contributed by atoms with Crippen LogP contribution in [0.3, 0.4) is 0 Å². The molecule has 26 heavy (non-hydrogen) atoms. The summed E-state index contributed by atoms with van der Waals surface area (Å²) in [6.45, 7) is 6.05. The van der Waals surface area contributed by atoms with Crippen molar-refractivity contribution >= 4 is 11.6 Å². The summed E-state index contributed by atoms with van der Waals surface area (Å²) >= 11 is 0. The van der Waals surface area contributed by atoms with E-state index in [2.05, 4.69) is 59.7 Å². The molecule has 2 aromatic rings. The van der Waals surface area contributed by atoms with Crippen molar-refractivity contribution in [2.75, 3.05) is 39.6 Å². The van der Waals surface area contributed by atoms with Crippen LogP contribution < -0.4 is 10.6 Å². The molecule has 0 radical (unpaired) electrons. The number of carbonyl (C=O) groups excluding carboxylic acids is 1. The molecule has 2 N–H and O–H groups in total. The van der Waals surface area contributed by atoms with E-state index in [0.29, 0.717) is 5.56 Å². The van der Waals surface area contributed by atoms with Crippen molar-refractivity contribution in [3.05, 3.63) is 41.2 Å². The van der Waals surface area contributed by atoms with E-state index >= 15 is 0 Å². The summed E-state index contributed by atoms with van der Waals surface area (Å²) < 4.78 is 2.28. The molecule has 0 aliphatic rings. The topological polar surface area (TPSA) is 54.5 Å². The average Bonchev–Trinajstić information content (AvgIpc) is 2.87. The van der Waals surface area contributed by atoms with Crippen molar-refractivity contribution < 1.29 is 4.79 Å². The molecule has 142 valence electrons. The molecule has 0 atom stereocenters. The number of anilines is 1. The molecule has 0 fully saturated rings. The molecule has 1 heterocycles. The van der Waals surface area contributed by atoms with Crippen LogP contribution >= 0.6 is 0 Å². The van der Waals surface area contributed by atoms with E-state index in [1.165, 1.54) is 5.69 Å². The number of primary amides is 1. The lowest BCUT2D eigenvalue weighted by molar-refractivity contribution is 0.1000. The first-order chi connectivity index (χ1) is 12.3. The molecule has 0 aliphatic heterocycles. The minimum absolute atomic E-state index is 0.352. The second-order valence-electron chi connectivity index (χ2n) is 7.25. The number of amides is 1. The third-order valence-electron chi connectivity index (χ3n) is 4.87. The van der Waals surface area contributed by atoms with Crippen molar-refractivity contribution in [3.63, 3.8) is 0 Å². The fourth-order valence-electron chi connectivity index (χ4n) is 3.55. The predicted octanol–water partition coefficient (Wildman–Crippen LogP) is 3.14. The summed E-state index contributed by atoms with van der Waals surface area (Å²) in [5, 5.41) is 0. The normalized spacial score (nSPS) is 11.2. The predicted molar refractivity (Wildman–Crippen MR) is 110 cm³/mol. The lowest BCUT2D eigenvalue weighted by Crippen LogP contribution is -2.17. The van der Waals surface area contributed by atoms with Crippen molar-refractivity contribution in [2.24, 2.45) is 5.73 Å². The van der Waals surface area contributed by atoms with Gasteiger partial charge in [0, 0.05) is 43.3 Å². The average molecular weight is 357 g/mol. The van der Waals surface area contributed by atoms with Crippen molar-refractivity contribution in [2.45, 2.75) is 33.2 Å². The number of nitrogens with zero attached hydrogens (tertiary/aromatic N) is 3. The Bertz CT molecular complexity index is 757. The second-order valence-corrected chi connectivity index (χ2v) is 7.25. The zero-order valence-corrected chi connectivity index (χ0v) is 17.0. The van der Waals surface area contributed by atoms with Crippen LogP contribution in [0.5, 0.6) is 0 Å². The summed E-state index contributed by atoms with van der Waals surface area (Å²) in [7, 11) is 8.20. The van der Waals surface area contributed by atoms with Gasteiger partial charge in [-0.15, -0.1) is 0 Å². The molecular formula is C21H32N4O. The zero-order chi connectivity index (χ0) is 19.4. The summed E-state index contributed by atoms with van der Waals surface area (Å²) in [4.78, 5) is 16.5. The molecule has 0 saturated heterocycles. The van der Waals surface area contributed by atoms with Gasteiger partial charge >= 0.3 is 0 Å². The Morgan fingerprint density at radius 1 is 1.12 bits per heavy atom. The van der Waals surface area contributed by atoms with Gasteiger partial charge in [0.2, 0.25) is 0 Å². The van der Waals surface area contributed by atoms with Gasteiger partial charge in [-0.25, -0.2) is 0 Å². The Morgan fingerprint density at radius 3 is 2.19 bits per heavy atom. The maximum atomic E-state index is 12.2. The number of nitrogens with two attached hydrogens (primary N) is 1. The molecule has 5 heteroatoms. The molecule has 0 saturated carbocycles. The van der Waals surface area contributed by atoms with Crippen molar-refractivity contribution in [1.82, 2.24) is 9.47 Å². The highest BCUT2D eigenvalue weighted by Gasteiger charge is 2.23. The Hall–Kier alpha value is -2.27. The van der Waals surface area contributed by atoms with E-state index in [0.717, 1.165) is 48.4 Å². The van der Waals surface area contributed by atoms with Crippen LogP contribution in [0, 0.1) is 6.92 Å². The first kappa shape index (κ1) is 20.0. The van der Waals surface area contributed by atoms with Crippen molar-refractivity contribution in [1.29, 1.82) is 0 Å². The molecule has 0 unspecified atom stereocenters. The van der Waals surface area contributed by atoms with E-state index in [4.69, 9.17) is 5.73 Å². The maximum absolute atomic E-state index is 12.2. The maximum Gasteiger partial charge on any atom is 0.251 e. The minimum Gasteiger partial charge on any atom is -0.378 e. The number of hydrogen-bond acceptors (Lipinski definition) is 3. The monoisotopic (exact) mass is 356 g/mol. The van der Waals surface area contributed by atoms with Gasteiger partial charge in [0.15, 0.2) is 0 Å². The highest BCUT2D eigenvalue weighted by molar-refractivity contribution is 6.02. The van der Waals surface area contributed by atoms with Gasteiger partial charge < -0.3 is 20.1 Å². The largest absolute Gasteiger partial charge is 0.378 e. The van der Waals surface area contributed by atoms with Gasteiger partial charge in [-0.3, -0.25) is 4.79 Å². The fraction of sp³-hybridized carbons (Fsp3) is 0.476. The van der Waals surface area contributed by atoms with Crippen LogP contribution in [0.4, 0.5) is 5.69 Å². The van der Waals surface area contributed by atoms with Crippen molar-refractivity contribution in [3.8, 4) is 11.1 Å². The molecule has 1 aromatic heterocycles. The van der Waals surface area contributed by atoms with Crippen LogP contribution in [0.15, 0.2) is 24.3 Å². The Balaban J connectivity index is 2.54. The third-order valence-corrected chi connectivity index (χ3v) is 4.87. The Labute approximate surface area is 157 Å². The van der Waals surface area contributed by atoms with E-state index in [1.807, 2.05) is 21.0 Å². The fourth-order valence-corrected chi connectivity index (χ4v) is 3.55. The Morgan fingerprint density at radius 2 is 1.73 bits per heavy atom. The van der Waals surface area contributed by atoms with Crippen LogP contribution in [0.2, 0.25) is 0 Å². The molecule has 2 rings (SSSR count). The van der Waals surface area contributed by atoms with E-state index < -0.39 is 0 Å². The summed E-state index contributed by atoms with van der Waals surface area (Å²) in [5.41, 5.74) is 11.8. The van der Waals surface area contributed by atoms with Crippen LogP contribution in [-0.4, -0.2) is 50.1 Å². The highest BCUT2D eigenvalue weighted by Crippen LogP contribution is 2.34. The molecule has 1 aromatic carbocycles. The molecule has 1 amide bonds. The van der Waals surface area contributed by atoms with E-state index in [-0.39, 0.29) is 5.91 Å². The van der Waals surface area contributed by atoms with Gasteiger partial charge in [0.25, 0.3) is 5.91 Å². The quantitative estimate of drug-likeness (QED) is 0.790. The lowest BCUT2D eigenvalue weighted by atomic mass is 9.98. The SMILES string of the molecule is CCc1c(-c2ccc(N(C)C)cc2)c(C(N)=O)c(C)n1CCCN(C)C. The molecule has 5 nitrogen and oxygen atoms in total. The highest BCUT2D eigenvalue weighted by atomic mass is 16.1. The number of rotatable bonds is 8. The van der Waals surface area contributed by atoms with Gasteiger partial charge in [0.1, 0.15) is 0 Å². The smallest absolute Gasteiger partial charge is 0.251 e. The van der Waals surface area contributed by atoms with Gasteiger partial charge in [-0.05, 0) is 58.1 Å². The molecule has 0 bridgehead atoms.